The van der Waals surface area contributed by atoms with Crippen molar-refractivity contribution in [1.29, 1.82) is 0 Å². The molecule has 1 aromatic carbocycles. The first kappa shape index (κ1) is 15.8. The fraction of sp³-hybridized carbons (Fsp3) is 0.429. The van der Waals surface area contributed by atoms with E-state index in [4.69, 9.17) is 11.6 Å². The molecule has 1 aliphatic rings. The number of halogens is 1. The van der Waals surface area contributed by atoms with Crippen LogP contribution in [-0.4, -0.2) is 49.4 Å². The van der Waals surface area contributed by atoms with Gasteiger partial charge < -0.3 is 16.0 Å². The maximum atomic E-state index is 12.0. The van der Waals surface area contributed by atoms with E-state index in [1.54, 1.807) is 18.2 Å². The Kier molecular flexibility index (Phi) is 5.55. The number of benzene rings is 1. The number of nitrogens with one attached hydrogen (secondary N) is 3. The lowest BCUT2D eigenvalue weighted by Gasteiger charge is -2.26. The zero-order valence-corrected chi connectivity index (χ0v) is 12.7. The van der Waals surface area contributed by atoms with Gasteiger partial charge in [0.05, 0.1) is 17.3 Å². The Balaban J connectivity index is 1.91. The summed E-state index contributed by atoms with van der Waals surface area (Å²) < 4.78 is 0. The van der Waals surface area contributed by atoms with Crippen molar-refractivity contribution in [2.75, 3.05) is 43.4 Å². The zero-order chi connectivity index (χ0) is 15.2. The second kappa shape index (κ2) is 7.40. The first-order valence-corrected chi connectivity index (χ1v) is 7.22. The first-order valence-electron chi connectivity index (χ1n) is 6.84. The molecule has 7 heteroatoms. The van der Waals surface area contributed by atoms with Crippen LogP contribution in [0.2, 0.25) is 5.02 Å². The monoisotopic (exact) mass is 310 g/mol. The molecule has 1 aromatic rings. The van der Waals surface area contributed by atoms with Crippen molar-refractivity contribution in [2.24, 2.45) is 0 Å². The number of amides is 2. The van der Waals surface area contributed by atoms with Crippen LogP contribution >= 0.6 is 11.6 Å². The van der Waals surface area contributed by atoms with Crippen molar-refractivity contribution in [3.63, 3.8) is 0 Å². The predicted octanol–water partition coefficient (Wildman–Crippen LogP) is 1.14. The average molecular weight is 311 g/mol. The molecule has 2 rings (SSSR count). The van der Waals surface area contributed by atoms with E-state index in [-0.39, 0.29) is 11.8 Å². The molecule has 0 aromatic heterocycles. The summed E-state index contributed by atoms with van der Waals surface area (Å²) in [6.07, 6.45) is 0. The molecule has 0 unspecified atom stereocenters. The second-order valence-corrected chi connectivity index (χ2v) is 5.36. The molecule has 0 spiro atoms. The van der Waals surface area contributed by atoms with Gasteiger partial charge in [0.1, 0.15) is 0 Å². The SMILES string of the molecule is CC(=O)Nc1ccc(NC(=O)CN2CCNCC2)cc1Cl. The van der Waals surface area contributed by atoms with Crippen molar-refractivity contribution in [1.82, 2.24) is 10.2 Å². The lowest BCUT2D eigenvalue weighted by molar-refractivity contribution is -0.117. The molecule has 0 radical (unpaired) electrons. The summed E-state index contributed by atoms with van der Waals surface area (Å²) in [6, 6.07) is 5.01. The number of rotatable bonds is 4. The highest BCUT2D eigenvalue weighted by Gasteiger charge is 2.14. The molecule has 21 heavy (non-hydrogen) atoms. The van der Waals surface area contributed by atoms with E-state index in [2.05, 4.69) is 20.9 Å². The normalized spacial score (nSPS) is 15.5. The van der Waals surface area contributed by atoms with Crippen LogP contribution < -0.4 is 16.0 Å². The van der Waals surface area contributed by atoms with Gasteiger partial charge in [0.15, 0.2) is 0 Å². The van der Waals surface area contributed by atoms with Gasteiger partial charge in [0.25, 0.3) is 0 Å². The molecule has 2 amide bonds. The first-order chi connectivity index (χ1) is 10.0. The third-order valence-corrected chi connectivity index (χ3v) is 3.45. The van der Waals surface area contributed by atoms with Crippen LogP contribution in [0.5, 0.6) is 0 Å². The molecule has 1 heterocycles. The minimum atomic E-state index is -0.188. The van der Waals surface area contributed by atoms with Crippen LogP contribution in [0.3, 0.4) is 0 Å². The van der Waals surface area contributed by atoms with E-state index >= 15 is 0 Å². The highest BCUT2D eigenvalue weighted by Crippen LogP contribution is 2.25. The van der Waals surface area contributed by atoms with Crippen molar-refractivity contribution >= 4 is 34.8 Å². The number of carbonyl (C=O) groups is 2. The number of carbonyl (C=O) groups excluding carboxylic acids is 2. The van der Waals surface area contributed by atoms with Crippen LogP contribution in [0.4, 0.5) is 11.4 Å². The Bertz CT molecular complexity index is 530. The fourth-order valence-corrected chi connectivity index (χ4v) is 2.38. The lowest BCUT2D eigenvalue weighted by Crippen LogP contribution is -2.46. The quantitative estimate of drug-likeness (QED) is 0.780. The highest BCUT2D eigenvalue weighted by molar-refractivity contribution is 6.34. The topological polar surface area (TPSA) is 73.5 Å². The van der Waals surface area contributed by atoms with E-state index in [1.807, 2.05) is 0 Å². The van der Waals surface area contributed by atoms with Crippen LogP contribution in [0.1, 0.15) is 6.92 Å². The minimum absolute atomic E-state index is 0.0692. The number of anilines is 2. The molecule has 0 bridgehead atoms. The number of nitrogens with zero attached hydrogens (tertiary/aromatic N) is 1. The largest absolute Gasteiger partial charge is 0.325 e. The lowest BCUT2D eigenvalue weighted by atomic mass is 10.2. The van der Waals surface area contributed by atoms with Gasteiger partial charge in [-0.3, -0.25) is 14.5 Å². The van der Waals surface area contributed by atoms with Gasteiger partial charge in [-0.25, -0.2) is 0 Å². The summed E-state index contributed by atoms with van der Waals surface area (Å²) in [5, 5.41) is 9.07. The fourth-order valence-electron chi connectivity index (χ4n) is 2.16. The molecule has 1 fully saturated rings. The smallest absolute Gasteiger partial charge is 0.238 e. The zero-order valence-electron chi connectivity index (χ0n) is 11.9. The molecule has 1 aliphatic heterocycles. The Morgan fingerprint density at radius 3 is 2.62 bits per heavy atom. The van der Waals surface area contributed by atoms with Crippen LogP contribution in [0.25, 0.3) is 0 Å². The highest BCUT2D eigenvalue weighted by atomic mass is 35.5. The van der Waals surface area contributed by atoms with E-state index in [0.29, 0.717) is 22.9 Å². The van der Waals surface area contributed by atoms with Gasteiger partial charge in [-0.05, 0) is 18.2 Å². The summed E-state index contributed by atoms with van der Waals surface area (Å²) in [4.78, 5) is 25.1. The van der Waals surface area contributed by atoms with E-state index in [1.165, 1.54) is 6.92 Å². The molecular formula is C14H19ClN4O2. The van der Waals surface area contributed by atoms with Crippen molar-refractivity contribution in [3.05, 3.63) is 23.2 Å². The summed E-state index contributed by atoms with van der Waals surface area (Å²) in [7, 11) is 0. The van der Waals surface area contributed by atoms with Crippen molar-refractivity contribution < 1.29 is 9.59 Å². The van der Waals surface area contributed by atoms with Crippen molar-refractivity contribution in [2.45, 2.75) is 6.92 Å². The summed E-state index contributed by atoms with van der Waals surface area (Å²) in [5.74, 6) is -0.257. The van der Waals surface area contributed by atoms with E-state index < -0.39 is 0 Å². The van der Waals surface area contributed by atoms with E-state index in [0.717, 1.165) is 26.2 Å². The van der Waals surface area contributed by atoms with Gasteiger partial charge in [-0.2, -0.15) is 0 Å². The number of piperazine rings is 1. The summed E-state index contributed by atoms with van der Waals surface area (Å²) in [5.41, 5.74) is 1.15. The van der Waals surface area contributed by atoms with Crippen LogP contribution in [-0.2, 0) is 9.59 Å². The van der Waals surface area contributed by atoms with Gasteiger partial charge >= 0.3 is 0 Å². The Hall–Kier alpha value is -1.63. The molecule has 1 saturated heterocycles. The molecule has 6 nitrogen and oxygen atoms in total. The summed E-state index contributed by atoms with van der Waals surface area (Å²) >= 11 is 6.06. The van der Waals surface area contributed by atoms with Crippen molar-refractivity contribution in [3.8, 4) is 0 Å². The van der Waals surface area contributed by atoms with Gasteiger partial charge in [-0.15, -0.1) is 0 Å². The van der Waals surface area contributed by atoms with E-state index in [9.17, 15) is 9.59 Å². The Morgan fingerprint density at radius 2 is 2.00 bits per heavy atom. The Labute approximate surface area is 128 Å². The molecule has 114 valence electrons. The molecular weight excluding hydrogens is 292 g/mol. The van der Waals surface area contributed by atoms with Crippen LogP contribution in [0.15, 0.2) is 18.2 Å². The minimum Gasteiger partial charge on any atom is -0.325 e. The van der Waals surface area contributed by atoms with Gasteiger partial charge in [-0.1, -0.05) is 11.6 Å². The third kappa shape index (κ3) is 5.00. The standard InChI is InChI=1S/C14H19ClN4O2/c1-10(20)17-13-3-2-11(8-12(13)15)18-14(21)9-19-6-4-16-5-7-19/h2-3,8,16H,4-7,9H2,1H3,(H,17,20)(H,18,21). The third-order valence-electron chi connectivity index (χ3n) is 3.14. The molecule has 0 saturated carbocycles. The van der Waals surface area contributed by atoms with Gasteiger partial charge in [0.2, 0.25) is 11.8 Å². The summed E-state index contributed by atoms with van der Waals surface area (Å²) in [6.45, 7) is 5.34. The number of hydrogen-bond acceptors (Lipinski definition) is 4. The van der Waals surface area contributed by atoms with Crippen LogP contribution in [0, 0.1) is 0 Å². The predicted molar refractivity (Wildman–Crippen MR) is 83.7 cm³/mol. The Morgan fingerprint density at radius 1 is 1.29 bits per heavy atom. The molecule has 0 atom stereocenters. The maximum Gasteiger partial charge on any atom is 0.238 e. The average Bonchev–Trinajstić information content (AvgIpc) is 2.42. The molecule has 0 aliphatic carbocycles. The maximum absolute atomic E-state index is 12.0. The number of hydrogen-bond donors (Lipinski definition) is 3. The second-order valence-electron chi connectivity index (χ2n) is 4.95. The van der Waals surface area contributed by atoms with Gasteiger partial charge in [0, 0.05) is 38.8 Å². The molecule has 3 N–H and O–H groups in total.